The van der Waals surface area contributed by atoms with Crippen LogP contribution >= 0.6 is 0 Å². The van der Waals surface area contributed by atoms with Crippen LogP contribution in [0.2, 0.25) is 0 Å². The molecule has 4 heterocycles. The molecule has 1 saturated carbocycles. The molecule has 0 spiro atoms. The van der Waals surface area contributed by atoms with E-state index < -0.39 is 19.1 Å². The quantitative estimate of drug-likeness (QED) is 0.530. The molecule has 2 aliphatic rings. The van der Waals surface area contributed by atoms with Gasteiger partial charge in [0.25, 0.3) is 0 Å². The molecule has 3 aromatic rings. The molecule has 0 unspecified atom stereocenters. The molecule has 10 heteroatoms. The number of nitrogens with zero attached hydrogens (tertiary/aromatic N) is 6. The van der Waals surface area contributed by atoms with E-state index in [2.05, 4.69) is 25.8 Å². The molecule has 2 N–H and O–H groups in total. The van der Waals surface area contributed by atoms with E-state index in [1.807, 2.05) is 31.9 Å². The lowest BCUT2D eigenvalue weighted by Gasteiger charge is -2.33. The van der Waals surface area contributed by atoms with Crippen LogP contribution in [-0.4, -0.2) is 43.7 Å². The summed E-state index contributed by atoms with van der Waals surface area (Å²) in [6, 6.07) is 3.39. The SMILES string of the molecule is [2H]C([2H])([2H])CC(=O)c1cnc(NC(=O)C2CC2)cc1Nc1nc(C)cc2c1N(C)[C@@H](C)c1nn(C)nc1-2. The van der Waals surface area contributed by atoms with Crippen molar-refractivity contribution in [2.24, 2.45) is 13.0 Å². The third-order valence-electron chi connectivity index (χ3n) is 6.26. The molecule has 0 bridgehead atoms. The van der Waals surface area contributed by atoms with Crippen LogP contribution in [0.4, 0.5) is 23.0 Å². The first-order chi connectivity index (χ1) is 17.4. The number of aryl methyl sites for hydroxylation is 2. The molecule has 1 atom stereocenters. The van der Waals surface area contributed by atoms with Crippen molar-refractivity contribution in [1.29, 1.82) is 0 Å². The standard InChI is InChI=1S/C24H28N8O2/c1-6-18(33)16-11-25-19(28-24(34)14-7-8-14)10-17(16)27-23-22-15(9-12(2)26-23)21-20(13(3)31(22)4)29-32(5)30-21/h9-11,13-14H,6-8H2,1-5H3,(H2,25,26,27,28,34)/t13-/m0/s1/i1D3. The zero-order chi connectivity index (χ0) is 26.6. The fourth-order valence-electron chi connectivity index (χ4n) is 4.21. The van der Waals surface area contributed by atoms with Crippen molar-refractivity contribution in [2.75, 3.05) is 22.6 Å². The number of amides is 1. The Morgan fingerprint density at radius 3 is 2.76 bits per heavy atom. The minimum atomic E-state index is -2.44. The van der Waals surface area contributed by atoms with Crippen LogP contribution in [0.15, 0.2) is 18.3 Å². The Labute approximate surface area is 202 Å². The van der Waals surface area contributed by atoms with E-state index in [0.717, 1.165) is 35.5 Å². The zero-order valence-corrected chi connectivity index (χ0v) is 19.5. The molecule has 0 radical (unpaired) electrons. The van der Waals surface area contributed by atoms with Crippen molar-refractivity contribution in [3.63, 3.8) is 0 Å². The lowest BCUT2D eigenvalue weighted by atomic mass is 9.97. The molecular formula is C24H28N8O2. The van der Waals surface area contributed by atoms with Crippen molar-refractivity contribution in [1.82, 2.24) is 25.0 Å². The summed E-state index contributed by atoms with van der Waals surface area (Å²) < 4.78 is 22.6. The molecule has 1 amide bonds. The summed E-state index contributed by atoms with van der Waals surface area (Å²) in [7, 11) is 3.70. The van der Waals surface area contributed by atoms with Gasteiger partial charge in [0.15, 0.2) is 11.6 Å². The summed E-state index contributed by atoms with van der Waals surface area (Å²) in [5.41, 5.74) is 4.32. The fraction of sp³-hybridized carbons (Fsp3) is 0.417. The molecule has 10 nitrogen and oxygen atoms in total. The number of aromatic nitrogens is 5. The molecule has 0 aromatic carbocycles. The Kier molecular flexibility index (Phi) is 4.48. The van der Waals surface area contributed by atoms with Gasteiger partial charge in [0, 0.05) is 54.1 Å². The van der Waals surface area contributed by atoms with Gasteiger partial charge in [-0.1, -0.05) is 6.85 Å². The monoisotopic (exact) mass is 463 g/mol. The predicted molar refractivity (Wildman–Crippen MR) is 129 cm³/mol. The number of anilines is 4. The second kappa shape index (κ2) is 8.19. The van der Waals surface area contributed by atoms with Crippen molar-refractivity contribution in [3.8, 4) is 11.3 Å². The number of nitrogens with one attached hydrogen (secondary N) is 2. The number of carbonyl (C=O) groups is 2. The van der Waals surface area contributed by atoms with Gasteiger partial charge in [-0.2, -0.15) is 15.0 Å². The largest absolute Gasteiger partial charge is 0.363 e. The van der Waals surface area contributed by atoms with E-state index in [0.29, 0.717) is 17.2 Å². The van der Waals surface area contributed by atoms with E-state index in [4.69, 9.17) is 9.10 Å². The van der Waals surface area contributed by atoms with Gasteiger partial charge in [-0.3, -0.25) is 9.59 Å². The molecule has 1 fully saturated rings. The second-order valence-corrected chi connectivity index (χ2v) is 8.82. The van der Waals surface area contributed by atoms with Gasteiger partial charge in [-0.15, -0.1) is 0 Å². The Bertz CT molecular complexity index is 1410. The number of fused-ring (bicyclic) bond motifs is 3. The van der Waals surface area contributed by atoms with Crippen LogP contribution < -0.4 is 15.5 Å². The van der Waals surface area contributed by atoms with Gasteiger partial charge < -0.3 is 15.5 Å². The number of carbonyl (C=O) groups excluding carboxylic acids is 2. The summed E-state index contributed by atoms with van der Waals surface area (Å²) >= 11 is 0. The maximum Gasteiger partial charge on any atom is 0.228 e. The Morgan fingerprint density at radius 2 is 2.03 bits per heavy atom. The molecule has 176 valence electrons. The first-order valence-corrected chi connectivity index (χ1v) is 11.2. The highest BCUT2D eigenvalue weighted by molar-refractivity contribution is 6.03. The minimum Gasteiger partial charge on any atom is -0.363 e. The summed E-state index contributed by atoms with van der Waals surface area (Å²) in [5.74, 6) is -0.0141. The average Bonchev–Trinajstić information content (AvgIpc) is 3.57. The number of hydrogen-bond acceptors (Lipinski definition) is 8. The van der Waals surface area contributed by atoms with Crippen LogP contribution in [0.3, 0.4) is 0 Å². The fourth-order valence-corrected chi connectivity index (χ4v) is 4.21. The molecule has 3 aromatic heterocycles. The predicted octanol–water partition coefficient (Wildman–Crippen LogP) is 3.78. The van der Waals surface area contributed by atoms with Gasteiger partial charge in [0.05, 0.1) is 23.0 Å². The van der Waals surface area contributed by atoms with Crippen LogP contribution in [0.25, 0.3) is 11.3 Å². The van der Waals surface area contributed by atoms with Gasteiger partial charge in [0.1, 0.15) is 17.2 Å². The van der Waals surface area contributed by atoms with Crippen LogP contribution in [0.1, 0.15) is 64.9 Å². The van der Waals surface area contributed by atoms with Crippen molar-refractivity contribution in [2.45, 2.75) is 46.0 Å². The van der Waals surface area contributed by atoms with Crippen LogP contribution in [-0.2, 0) is 11.8 Å². The number of pyridine rings is 2. The highest BCUT2D eigenvalue weighted by atomic mass is 16.2. The summed E-state index contributed by atoms with van der Waals surface area (Å²) in [6.45, 7) is 1.43. The average molecular weight is 464 g/mol. The van der Waals surface area contributed by atoms with Gasteiger partial charge in [-0.25, -0.2) is 9.97 Å². The Hall–Kier alpha value is -3.82. The van der Waals surface area contributed by atoms with Crippen molar-refractivity contribution < 1.29 is 13.7 Å². The Morgan fingerprint density at radius 1 is 1.24 bits per heavy atom. The summed E-state index contributed by atoms with van der Waals surface area (Å²) in [5, 5.41) is 15.1. The molecular weight excluding hydrogens is 432 g/mol. The van der Waals surface area contributed by atoms with E-state index in [9.17, 15) is 9.59 Å². The number of hydrogen-bond donors (Lipinski definition) is 2. The number of Topliss-reactive ketones (excluding diaryl/α,β-unsaturated/α-hetero) is 1. The maximum atomic E-state index is 13.0. The van der Waals surface area contributed by atoms with E-state index in [-0.39, 0.29) is 29.2 Å². The second-order valence-electron chi connectivity index (χ2n) is 8.82. The van der Waals surface area contributed by atoms with Crippen molar-refractivity contribution >= 4 is 34.7 Å². The van der Waals surface area contributed by atoms with Gasteiger partial charge in [-0.05, 0) is 32.8 Å². The summed E-state index contributed by atoms with van der Waals surface area (Å²) in [6.07, 6.45) is 2.32. The normalized spacial score (nSPS) is 18.3. The third-order valence-corrected chi connectivity index (χ3v) is 6.26. The molecule has 1 aliphatic heterocycles. The summed E-state index contributed by atoms with van der Waals surface area (Å²) in [4.78, 5) is 37.8. The minimum absolute atomic E-state index is 0.0307. The van der Waals surface area contributed by atoms with E-state index in [1.165, 1.54) is 11.0 Å². The highest BCUT2D eigenvalue weighted by Gasteiger charge is 2.33. The number of ketones is 1. The maximum absolute atomic E-state index is 13.0. The van der Waals surface area contributed by atoms with Gasteiger partial charge >= 0.3 is 0 Å². The first kappa shape index (κ1) is 18.6. The molecule has 34 heavy (non-hydrogen) atoms. The topological polar surface area (TPSA) is 118 Å². The Balaban J connectivity index is 1.60. The van der Waals surface area contributed by atoms with E-state index in [1.54, 1.807) is 13.1 Å². The smallest absolute Gasteiger partial charge is 0.228 e. The van der Waals surface area contributed by atoms with Gasteiger partial charge in [0.2, 0.25) is 5.91 Å². The van der Waals surface area contributed by atoms with Crippen molar-refractivity contribution in [3.05, 3.63) is 35.3 Å². The van der Waals surface area contributed by atoms with E-state index >= 15 is 0 Å². The lowest BCUT2D eigenvalue weighted by Crippen LogP contribution is -2.28. The molecule has 5 rings (SSSR count). The number of rotatable bonds is 6. The van der Waals surface area contributed by atoms with Crippen LogP contribution in [0, 0.1) is 12.8 Å². The highest BCUT2D eigenvalue weighted by Crippen LogP contribution is 2.46. The van der Waals surface area contributed by atoms with Crippen LogP contribution in [0.5, 0.6) is 0 Å². The lowest BCUT2D eigenvalue weighted by molar-refractivity contribution is -0.117. The zero-order valence-electron chi connectivity index (χ0n) is 22.5. The molecule has 0 saturated heterocycles. The first-order valence-electron chi connectivity index (χ1n) is 12.7. The third kappa shape index (κ3) is 3.78. The molecule has 1 aliphatic carbocycles.